The highest BCUT2D eigenvalue weighted by molar-refractivity contribution is 5.91. The van der Waals surface area contributed by atoms with E-state index in [1.165, 1.54) is 12.8 Å². The molecule has 1 aromatic rings. The molecular weight excluding hydrogens is 266 g/mol. The summed E-state index contributed by atoms with van der Waals surface area (Å²) in [5.41, 5.74) is 7.11. The van der Waals surface area contributed by atoms with Gasteiger partial charge in [0.05, 0.1) is 6.61 Å². The molecule has 0 saturated heterocycles. The number of hydrogen-bond acceptors (Lipinski definition) is 4. The zero-order chi connectivity index (χ0) is 15.1. The fourth-order valence-electron chi connectivity index (χ4n) is 2.41. The number of carbonyl (C=O) groups excluding carboxylic acids is 1. The number of nitrogen functional groups attached to an aromatic ring is 1. The second-order valence-corrected chi connectivity index (χ2v) is 5.54. The fraction of sp³-hybridized carbons (Fsp3) is 0.562. The lowest BCUT2D eigenvalue weighted by atomic mass is 10.2. The van der Waals surface area contributed by atoms with Crippen LogP contribution in [0.5, 0.6) is 0 Å². The molecule has 0 spiro atoms. The Bertz CT molecular complexity index is 461. The van der Waals surface area contributed by atoms with Crippen LogP contribution in [0.4, 0.5) is 11.4 Å². The molecule has 0 radical (unpaired) electrons. The molecule has 3 N–H and O–H groups in total. The highest BCUT2D eigenvalue weighted by atomic mass is 16.5. The molecule has 21 heavy (non-hydrogen) atoms. The van der Waals surface area contributed by atoms with E-state index in [4.69, 9.17) is 10.5 Å². The first kappa shape index (κ1) is 15.8. The summed E-state index contributed by atoms with van der Waals surface area (Å²) < 4.78 is 5.14. The molecule has 1 aliphatic rings. The molecule has 5 heteroatoms. The van der Waals surface area contributed by atoms with Crippen molar-refractivity contribution in [3.8, 4) is 0 Å². The second kappa shape index (κ2) is 8.00. The number of benzene rings is 1. The van der Waals surface area contributed by atoms with Crippen molar-refractivity contribution >= 4 is 17.3 Å². The summed E-state index contributed by atoms with van der Waals surface area (Å²) in [7, 11) is 1.73. The Balaban J connectivity index is 1.68. The number of hydrogen-bond donors (Lipinski definition) is 2. The molecule has 0 bridgehead atoms. The van der Waals surface area contributed by atoms with E-state index in [1.807, 2.05) is 12.1 Å². The number of amides is 1. The Labute approximate surface area is 126 Å². The Hall–Kier alpha value is -1.59. The predicted molar refractivity (Wildman–Crippen MR) is 85.2 cm³/mol. The van der Waals surface area contributed by atoms with Gasteiger partial charge in [0.25, 0.3) is 0 Å². The summed E-state index contributed by atoms with van der Waals surface area (Å²) in [5, 5.41) is 2.88. The average Bonchev–Trinajstić information content (AvgIpc) is 3.27. The highest BCUT2D eigenvalue weighted by Gasteiger charge is 2.28. The summed E-state index contributed by atoms with van der Waals surface area (Å²) in [6, 6.07) is 7.97. The van der Waals surface area contributed by atoms with Gasteiger partial charge in [-0.25, -0.2) is 0 Å². The van der Waals surface area contributed by atoms with Crippen molar-refractivity contribution in [1.29, 1.82) is 0 Å². The number of nitrogens with one attached hydrogen (secondary N) is 1. The van der Waals surface area contributed by atoms with Crippen molar-refractivity contribution in [3.05, 3.63) is 24.3 Å². The number of nitrogens with zero attached hydrogens (tertiary/aromatic N) is 1. The lowest BCUT2D eigenvalue weighted by Crippen LogP contribution is -2.31. The van der Waals surface area contributed by atoms with Gasteiger partial charge < -0.3 is 15.8 Å². The third-order valence-electron chi connectivity index (χ3n) is 3.67. The number of rotatable bonds is 9. The monoisotopic (exact) mass is 291 g/mol. The van der Waals surface area contributed by atoms with E-state index in [-0.39, 0.29) is 5.91 Å². The van der Waals surface area contributed by atoms with Crippen LogP contribution in [-0.4, -0.2) is 43.7 Å². The molecule has 1 amide bonds. The summed E-state index contributed by atoms with van der Waals surface area (Å²) in [6.07, 6.45) is 3.96. The lowest BCUT2D eigenvalue weighted by molar-refractivity contribution is -0.116. The quantitative estimate of drug-likeness (QED) is 0.684. The smallest absolute Gasteiger partial charge is 0.224 e. The third-order valence-corrected chi connectivity index (χ3v) is 3.67. The molecule has 1 fully saturated rings. The maximum atomic E-state index is 11.9. The Morgan fingerprint density at radius 2 is 2.24 bits per heavy atom. The van der Waals surface area contributed by atoms with Crippen molar-refractivity contribution in [3.63, 3.8) is 0 Å². The summed E-state index contributed by atoms with van der Waals surface area (Å²) in [6.45, 7) is 2.67. The number of carbonyl (C=O) groups is 1. The Morgan fingerprint density at radius 1 is 1.43 bits per heavy atom. The molecule has 2 rings (SSSR count). The predicted octanol–water partition coefficient (Wildman–Crippen LogP) is 2.10. The van der Waals surface area contributed by atoms with E-state index < -0.39 is 0 Å². The van der Waals surface area contributed by atoms with Gasteiger partial charge in [-0.1, -0.05) is 6.07 Å². The molecule has 1 aromatic carbocycles. The van der Waals surface area contributed by atoms with Gasteiger partial charge in [-0.15, -0.1) is 0 Å². The molecule has 0 aliphatic heterocycles. The van der Waals surface area contributed by atoms with Gasteiger partial charge in [-0.05, 0) is 44.0 Å². The van der Waals surface area contributed by atoms with Crippen molar-refractivity contribution in [1.82, 2.24) is 4.90 Å². The van der Waals surface area contributed by atoms with Gasteiger partial charge in [-0.3, -0.25) is 9.69 Å². The van der Waals surface area contributed by atoms with E-state index in [0.29, 0.717) is 18.2 Å². The largest absolute Gasteiger partial charge is 0.399 e. The number of nitrogens with two attached hydrogens (primary N) is 1. The number of methoxy groups -OCH3 is 1. The highest BCUT2D eigenvalue weighted by Crippen LogP contribution is 2.26. The minimum Gasteiger partial charge on any atom is -0.399 e. The molecule has 5 nitrogen and oxygen atoms in total. The van der Waals surface area contributed by atoms with Crippen LogP contribution in [0.2, 0.25) is 0 Å². The third kappa shape index (κ3) is 5.73. The number of ether oxygens (including phenoxy) is 1. The Kier molecular flexibility index (Phi) is 6.02. The van der Waals surface area contributed by atoms with Crippen LogP contribution in [-0.2, 0) is 9.53 Å². The maximum absolute atomic E-state index is 11.9. The van der Waals surface area contributed by atoms with Crippen LogP contribution in [0.3, 0.4) is 0 Å². The van der Waals surface area contributed by atoms with Gasteiger partial charge in [0, 0.05) is 37.5 Å². The van der Waals surface area contributed by atoms with E-state index in [1.54, 1.807) is 19.2 Å². The van der Waals surface area contributed by atoms with Gasteiger partial charge in [0.2, 0.25) is 5.91 Å². The summed E-state index contributed by atoms with van der Waals surface area (Å²) in [5.74, 6) is 0.0445. The molecule has 0 unspecified atom stereocenters. The van der Waals surface area contributed by atoms with Crippen LogP contribution < -0.4 is 11.1 Å². The molecule has 0 atom stereocenters. The zero-order valence-corrected chi connectivity index (χ0v) is 12.7. The number of anilines is 2. The SMILES string of the molecule is COCCN(CCCC(=O)Nc1cccc(N)c1)C1CC1. The zero-order valence-electron chi connectivity index (χ0n) is 12.7. The van der Waals surface area contributed by atoms with Crippen molar-refractivity contribution < 1.29 is 9.53 Å². The molecule has 1 saturated carbocycles. The molecular formula is C16H25N3O2. The van der Waals surface area contributed by atoms with Crippen LogP contribution in [0.25, 0.3) is 0 Å². The summed E-state index contributed by atoms with van der Waals surface area (Å²) in [4.78, 5) is 14.3. The molecule has 0 aromatic heterocycles. The van der Waals surface area contributed by atoms with Crippen LogP contribution in [0, 0.1) is 0 Å². The normalized spacial score (nSPS) is 14.4. The van der Waals surface area contributed by atoms with E-state index >= 15 is 0 Å². The standard InChI is InChI=1S/C16H25N3O2/c1-21-11-10-19(15-7-8-15)9-3-6-16(20)18-14-5-2-4-13(17)12-14/h2,4-5,12,15H,3,6-11,17H2,1H3,(H,18,20). The molecule has 0 heterocycles. The van der Waals surface area contributed by atoms with Crippen molar-refractivity contribution in [2.24, 2.45) is 0 Å². The van der Waals surface area contributed by atoms with Crippen LogP contribution >= 0.6 is 0 Å². The topological polar surface area (TPSA) is 67.6 Å². The van der Waals surface area contributed by atoms with Gasteiger partial charge >= 0.3 is 0 Å². The van der Waals surface area contributed by atoms with Gasteiger partial charge in [0.15, 0.2) is 0 Å². The minimum atomic E-state index is 0.0445. The average molecular weight is 291 g/mol. The van der Waals surface area contributed by atoms with Gasteiger partial charge in [0.1, 0.15) is 0 Å². The molecule has 1 aliphatic carbocycles. The van der Waals surface area contributed by atoms with E-state index in [0.717, 1.165) is 31.8 Å². The first-order chi connectivity index (χ1) is 10.2. The first-order valence-corrected chi connectivity index (χ1v) is 7.57. The first-order valence-electron chi connectivity index (χ1n) is 7.57. The summed E-state index contributed by atoms with van der Waals surface area (Å²) >= 11 is 0. The van der Waals surface area contributed by atoms with Crippen molar-refractivity contribution in [2.45, 2.75) is 31.7 Å². The van der Waals surface area contributed by atoms with Crippen LogP contribution in [0.1, 0.15) is 25.7 Å². The second-order valence-electron chi connectivity index (χ2n) is 5.54. The maximum Gasteiger partial charge on any atom is 0.224 e. The minimum absolute atomic E-state index is 0.0445. The van der Waals surface area contributed by atoms with E-state index in [2.05, 4.69) is 10.2 Å². The Morgan fingerprint density at radius 3 is 2.90 bits per heavy atom. The van der Waals surface area contributed by atoms with Crippen molar-refractivity contribution in [2.75, 3.05) is 37.9 Å². The fourth-order valence-corrected chi connectivity index (χ4v) is 2.41. The van der Waals surface area contributed by atoms with E-state index in [9.17, 15) is 4.79 Å². The van der Waals surface area contributed by atoms with Gasteiger partial charge in [-0.2, -0.15) is 0 Å². The van der Waals surface area contributed by atoms with Crippen LogP contribution in [0.15, 0.2) is 24.3 Å². The lowest BCUT2D eigenvalue weighted by Gasteiger charge is -2.21. The molecule has 116 valence electrons.